The maximum absolute atomic E-state index is 11.0. The zero-order valence-electron chi connectivity index (χ0n) is 16.6. The molecule has 0 unspecified atom stereocenters. The Morgan fingerprint density at radius 2 is 1.83 bits per heavy atom. The Morgan fingerprint density at radius 3 is 2.48 bits per heavy atom. The van der Waals surface area contributed by atoms with E-state index in [1.807, 2.05) is 43.5 Å². The third kappa shape index (κ3) is 4.11. The molecular formula is C23H24N2O4. The summed E-state index contributed by atoms with van der Waals surface area (Å²) in [5, 5.41) is 10.1. The molecule has 0 bridgehead atoms. The van der Waals surface area contributed by atoms with Crippen LogP contribution in [0.1, 0.15) is 18.4 Å². The highest BCUT2D eigenvalue weighted by Gasteiger charge is 2.23. The number of carbonyl (C=O) groups is 1. The Morgan fingerprint density at radius 1 is 1.10 bits per heavy atom. The van der Waals surface area contributed by atoms with Gasteiger partial charge in [-0.15, -0.1) is 0 Å². The van der Waals surface area contributed by atoms with Crippen molar-refractivity contribution in [1.82, 2.24) is 9.88 Å². The van der Waals surface area contributed by atoms with Crippen LogP contribution in [0.3, 0.4) is 0 Å². The Labute approximate surface area is 169 Å². The van der Waals surface area contributed by atoms with Crippen molar-refractivity contribution in [2.75, 3.05) is 20.2 Å². The van der Waals surface area contributed by atoms with Crippen LogP contribution in [0.4, 0.5) is 4.79 Å². The molecule has 1 aliphatic heterocycles. The highest BCUT2D eigenvalue weighted by atomic mass is 16.5. The van der Waals surface area contributed by atoms with Crippen molar-refractivity contribution in [1.29, 1.82) is 0 Å². The van der Waals surface area contributed by atoms with Crippen LogP contribution in [0.25, 0.3) is 22.0 Å². The number of likely N-dealkylation sites (tertiary alicyclic amines) is 1. The number of aromatic nitrogens is 1. The van der Waals surface area contributed by atoms with Crippen LogP contribution in [-0.2, 0) is 0 Å². The van der Waals surface area contributed by atoms with E-state index in [0.29, 0.717) is 25.9 Å². The van der Waals surface area contributed by atoms with Crippen LogP contribution >= 0.6 is 0 Å². The maximum atomic E-state index is 11.0. The van der Waals surface area contributed by atoms with Gasteiger partial charge in [-0.05, 0) is 42.3 Å². The van der Waals surface area contributed by atoms with E-state index in [1.54, 1.807) is 7.11 Å². The van der Waals surface area contributed by atoms with E-state index < -0.39 is 6.09 Å². The summed E-state index contributed by atoms with van der Waals surface area (Å²) in [6.45, 7) is 3.06. The predicted octanol–water partition coefficient (Wildman–Crippen LogP) is 4.74. The number of methoxy groups -OCH3 is 1. The summed E-state index contributed by atoms with van der Waals surface area (Å²) in [6.07, 6.45) is 2.49. The Balaban J connectivity index is 1.47. The number of carboxylic acid groups (broad SMARTS) is 1. The number of piperidine rings is 1. The Bertz CT molecular complexity index is 1020. The number of amides is 1. The van der Waals surface area contributed by atoms with Gasteiger partial charge in [-0.2, -0.15) is 0 Å². The van der Waals surface area contributed by atoms with Crippen molar-refractivity contribution in [3.63, 3.8) is 0 Å². The van der Waals surface area contributed by atoms with Crippen molar-refractivity contribution in [3.05, 3.63) is 54.2 Å². The van der Waals surface area contributed by atoms with Crippen molar-refractivity contribution in [3.8, 4) is 22.6 Å². The van der Waals surface area contributed by atoms with Gasteiger partial charge in [0.1, 0.15) is 17.6 Å². The van der Waals surface area contributed by atoms with Crippen LogP contribution in [-0.4, -0.2) is 47.4 Å². The van der Waals surface area contributed by atoms with Gasteiger partial charge < -0.3 is 19.5 Å². The molecule has 29 heavy (non-hydrogen) atoms. The monoisotopic (exact) mass is 392 g/mol. The predicted molar refractivity (Wildman–Crippen MR) is 112 cm³/mol. The zero-order valence-corrected chi connectivity index (χ0v) is 16.6. The number of hydrogen-bond donors (Lipinski definition) is 1. The maximum Gasteiger partial charge on any atom is 0.407 e. The molecular weight excluding hydrogens is 368 g/mol. The van der Waals surface area contributed by atoms with Gasteiger partial charge in [-0.3, -0.25) is 4.98 Å². The average molecular weight is 392 g/mol. The number of benzene rings is 2. The molecule has 0 aliphatic carbocycles. The molecule has 1 fully saturated rings. The molecule has 0 atom stereocenters. The van der Waals surface area contributed by atoms with Gasteiger partial charge in [0.05, 0.1) is 12.6 Å². The summed E-state index contributed by atoms with van der Waals surface area (Å²) in [5.41, 5.74) is 4.10. The highest BCUT2D eigenvalue weighted by Crippen LogP contribution is 2.29. The van der Waals surface area contributed by atoms with Crippen LogP contribution in [0, 0.1) is 6.92 Å². The molecule has 0 saturated carbocycles. The standard InChI is InChI=1S/C23H24N2O4/c1-15-11-17-12-18(14-24-21(17)13-22(15)28-2)16-3-5-19(6-4-16)29-20-7-9-25(10-8-20)23(26)27/h3-6,11-14,20H,7-10H2,1-2H3,(H,26,27). The highest BCUT2D eigenvalue weighted by molar-refractivity contribution is 5.85. The van der Waals surface area contributed by atoms with E-state index in [0.717, 1.165) is 39.1 Å². The average Bonchev–Trinajstić information content (AvgIpc) is 2.74. The van der Waals surface area contributed by atoms with Gasteiger partial charge in [0.2, 0.25) is 0 Å². The van der Waals surface area contributed by atoms with Crippen LogP contribution in [0.15, 0.2) is 48.7 Å². The first-order valence-corrected chi connectivity index (χ1v) is 9.73. The van der Waals surface area contributed by atoms with E-state index in [4.69, 9.17) is 14.6 Å². The fourth-order valence-corrected chi connectivity index (χ4v) is 3.73. The first kappa shape index (κ1) is 19.1. The molecule has 3 aromatic rings. The number of hydrogen-bond acceptors (Lipinski definition) is 4. The number of pyridine rings is 1. The van der Waals surface area contributed by atoms with Gasteiger partial charge >= 0.3 is 6.09 Å². The summed E-state index contributed by atoms with van der Waals surface area (Å²) in [4.78, 5) is 17.0. The fraction of sp³-hybridized carbons (Fsp3) is 0.304. The topological polar surface area (TPSA) is 71.9 Å². The second-order valence-corrected chi connectivity index (χ2v) is 7.35. The van der Waals surface area contributed by atoms with Gasteiger partial charge in [0.15, 0.2) is 0 Å². The lowest BCUT2D eigenvalue weighted by atomic mass is 10.0. The van der Waals surface area contributed by atoms with E-state index in [9.17, 15) is 4.79 Å². The summed E-state index contributed by atoms with van der Waals surface area (Å²) in [6, 6.07) is 14.2. The molecule has 1 amide bonds. The molecule has 0 radical (unpaired) electrons. The van der Waals surface area contributed by atoms with Crippen LogP contribution in [0.5, 0.6) is 11.5 Å². The van der Waals surface area contributed by atoms with Gasteiger partial charge in [-0.25, -0.2) is 4.79 Å². The zero-order chi connectivity index (χ0) is 20.4. The van der Waals surface area contributed by atoms with Crippen molar-refractivity contribution in [2.24, 2.45) is 0 Å². The largest absolute Gasteiger partial charge is 0.496 e. The number of rotatable bonds is 4. The quantitative estimate of drug-likeness (QED) is 0.694. The molecule has 0 spiro atoms. The lowest BCUT2D eigenvalue weighted by Crippen LogP contribution is -2.41. The van der Waals surface area contributed by atoms with Gasteiger partial charge in [-0.1, -0.05) is 12.1 Å². The third-order valence-electron chi connectivity index (χ3n) is 5.40. The van der Waals surface area contributed by atoms with Crippen molar-refractivity contribution < 1.29 is 19.4 Å². The molecule has 2 aromatic carbocycles. The Kier molecular flexibility index (Phi) is 5.25. The number of ether oxygens (including phenoxy) is 2. The first-order chi connectivity index (χ1) is 14.0. The first-order valence-electron chi connectivity index (χ1n) is 9.73. The lowest BCUT2D eigenvalue weighted by molar-refractivity contribution is 0.0895. The minimum Gasteiger partial charge on any atom is -0.496 e. The minimum absolute atomic E-state index is 0.0525. The van der Waals surface area contributed by atoms with Crippen molar-refractivity contribution in [2.45, 2.75) is 25.9 Å². The van der Waals surface area contributed by atoms with Crippen molar-refractivity contribution >= 4 is 17.0 Å². The molecule has 1 aromatic heterocycles. The summed E-state index contributed by atoms with van der Waals surface area (Å²) in [7, 11) is 1.67. The molecule has 1 aliphatic rings. The molecule has 1 N–H and O–H groups in total. The van der Waals surface area contributed by atoms with Crippen LogP contribution in [0.2, 0.25) is 0 Å². The molecule has 6 heteroatoms. The molecule has 6 nitrogen and oxygen atoms in total. The molecule has 4 rings (SSSR count). The van der Waals surface area contributed by atoms with E-state index >= 15 is 0 Å². The summed E-state index contributed by atoms with van der Waals surface area (Å²) in [5.74, 6) is 1.64. The number of nitrogens with zero attached hydrogens (tertiary/aromatic N) is 2. The van der Waals surface area contributed by atoms with Gasteiger partial charge in [0.25, 0.3) is 0 Å². The minimum atomic E-state index is -0.856. The normalized spacial score (nSPS) is 14.8. The fourth-order valence-electron chi connectivity index (χ4n) is 3.73. The van der Waals surface area contributed by atoms with Crippen LogP contribution < -0.4 is 9.47 Å². The number of aryl methyl sites for hydroxylation is 1. The van der Waals surface area contributed by atoms with Gasteiger partial charge in [0, 0.05) is 49.1 Å². The second kappa shape index (κ2) is 7.99. The second-order valence-electron chi connectivity index (χ2n) is 7.35. The molecule has 150 valence electrons. The summed E-state index contributed by atoms with van der Waals surface area (Å²) >= 11 is 0. The number of fused-ring (bicyclic) bond motifs is 1. The molecule has 2 heterocycles. The lowest BCUT2D eigenvalue weighted by Gasteiger charge is -2.30. The van der Waals surface area contributed by atoms with E-state index in [1.165, 1.54) is 4.90 Å². The summed E-state index contributed by atoms with van der Waals surface area (Å²) < 4.78 is 11.4. The molecule has 1 saturated heterocycles. The van der Waals surface area contributed by atoms with E-state index in [2.05, 4.69) is 17.1 Å². The Hall–Kier alpha value is -3.28. The SMILES string of the molecule is COc1cc2ncc(-c3ccc(OC4CCN(C(=O)O)CC4)cc3)cc2cc1C. The smallest absolute Gasteiger partial charge is 0.407 e. The third-order valence-corrected chi connectivity index (χ3v) is 5.40. The van der Waals surface area contributed by atoms with E-state index in [-0.39, 0.29) is 6.10 Å².